The van der Waals surface area contributed by atoms with E-state index in [4.69, 9.17) is 0 Å². The molecule has 4 rings (SSSR count). The fraction of sp³-hybridized carbons (Fsp3) is 0.524. The maximum atomic E-state index is 14.7. The normalized spacial score (nSPS) is 21.3. The molecule has 2 atom stereocenters. The van der Waals surface area contributed by atoms with Gasteiger partial charge in [0.1, 0.15) is 17.3 Å². The molecule has 8 nitrogen and oxygen atoms in total. The summed E-state index contributed by atoms with van der Waals surface area (Å²) in [6.45, 7) is 9.53. The van der Waals surface area contributed by atoms with Gasteiger partial charge in [-0.05, 0) is 38.4 Å². The Hall–Kier alpha value is -2.65. The lowest BCUT2D eigenvalue weighted by Gasteiger charge is -2.33. The number of hydrogen-bond acceptors (Lipinski definition) is 7. The molecular weight excluding hydrogens is 387 g/mol. The molecule has 0 radical (unpaired) electrons. The van der Waals surface area contributed by atoms with Crippen molar-refractivity contribution in [3.63, 3.8) is 0 Å². The lowest BCUT2D eigenvalue weighted by atomic mass is 10.1. The number of likely N-dealkylation sites (tertiary alicyclic amines) is 2. The largest absolute Gasteiger partial charge is 0.360 e. The molecule has 1 N–H and O–H groups in total. The van der Waals surface area contributed by atoms with Crippen molar-refractivity contribution in [2.45, 2.75) is 52.4 Å². The Morgan fingerprint density at radius 1 is 1.23 bits per heavy atom. The molecule has 3 heterocycles. The van der Waals surface area contributed by atoms with Crippen molar-refractivity contribution in [3.05, 3.63) is 56.8 Å². The van der Waals surface area contributed by atoms with Crippen LogP contribution in [0.15, 0.2) is 18.2 Å². The Bertz CT molecular complexity index is 969. The van der Waals surface area contributed by atoms with Gasteiger partial charge in [0.15, 0.2) is 0 Å². The molecule has 2 aliphatic heterocycles. The zero-order valence-corrected chi connectivity index (χ0v) is 17.6. The predicted octanol–water partition coefficient (Wildman–Crippen LogP) is 3.03. The first kappa shape index (κ1) is 20.6. The van der Waals surface area contributed by atoms with Gasteiger partial charge < -0.3 is 5.32 Å². The van der Waals surface area contributed by atoms with Crippen LogP contribution in [0.5, 0.6) is 0 Å². The summed E-state index contributed by atoms with van der Waals surface area (Å²) in [6, 6.07) is 6.45. The van der Waals surface area contributed by atoms with Crippen LogP contribution >= 0.6 is 0 Å². The number of rotatable bonds is 7. The number of aryl methyl sites for hydroxylation is 2. The molecule has 9 heteroatoms. The van der Waals surface area contributed by atoms with Crippen LogP contribution in [0.1, 0.15) is 36.0 Å². The number of nitrogens with zero attached hydrogens (tertiary/aromatic N) is 5. The molecule has 30 heavy (non-hydrogen) atoms. The number of halogens is 1. The van der Waals surface area contributed by atoms with Gasteiger partial charge in [0.05, 0.1) is 4.92 Å². The third-order valence-electron chi connectivity index (χ3n) is 6.18. The van der Waals surface area contributed by atoms with Crippen molar-refractivity contribution in [1.82, 2.24) is 19.8 Å². The Labute approximate surface area is 175 Å². The van der Waals surface area contributed by atoms with E-state index >= 15 is 0 Å². The molecule has 160 valence electrons. The molecule has 0 amide bonds. The van der Waals surface area contributed by atoms with E-state index in [1.165, 1.54) is 6.42 Å². The van der Waals surface area contributed by atoms with Gasteiger partial charge in [-0.15, -0.1) is 0 Å². The molecule has 2 aromatic rings. The average Bonchev–Trinajstić information content (AvgIpc) is 3.26. The minimum Gasteiger partial charge on any atom is -0.360 e. The van der Waals surface area contributed by atoms with Crippen LogP contribution in [-0.2, 0) is 13.1 Å². The lowest BCUT2D eigenvalue weighted by molar-refractivity contribution is -0.385. The van der Waals surface area contributed by atoms with E-state index in [1.807, 2.05) is 6.07 Å². The maximum Gasteiger partial charge on any atom is 0.332 e. The zero-order valence-electron chi connectivity index (χ0n) is 17.6. The number of aromatic nitrogens is 2. The highest BCUT2D eigenvalue weighted by Crippen LogP contribution is 2.32. The number of piperazine rings is 1. The molecule has 2 aliphatic rings. The number of fused-ring (bicyclic) bond motifs is 2. The molecule has 2 bridgehead atoms. The van der Waals surface area contributed by atoms with Crippen LogP contribution in [0.25, 0.3) is 0 Å². The van der Waals surface area contributed by atoms with Crippen LogP contribution in [0.3, 0.4) is 0 Å². The van der Waals surface area contributed by atoms with Crippen LogP contribution in [0.4, 0.5) is 15.9 Å². The van der Waals surface area contributed by atoms with E-state index in [0.717, 1.165) is 31.7 Å². The fourth-order valence-corrected chi connectivity index (χ4v) is 4.71. The Balaban J connectivity index is 1.42. The topological polar surface area (TPSA) is 87.4 Å². The standard InChI is InChI=1S/C21H27FN6O2/c1-4-26-11-18-8-17(26)12-27(18)10-15-5-6-16(19(22)7-15)9-23-21-20(28(29)30)13(2)24-14(3)25-21/h5-7,17-18H,4,8-12H2,1-3H3,(H,23,24,25)/t17-,18-/m0/s1. The first-order chi connectivity index (χ1) is 14.4. The minimum atomic E-state index is -0.514. The first-order valence-electron chi connectivity index (χ1n) is 10.3. The van der Waals surface area contributed by atoms with E-state index < -0.39 is 4.92 Å². The second-order valence-electron chi connectivity index (χ2n) is 8.15. The fourth-order valence-electron chi connectivity index (χ4n) is 4.71. The minimum absolute atomic E-state index is 0.113. The van der Waals surface area contributed by atoms with Gasteiger partial charge in [0.25, 0.3) is 0 Å². The lowest BCUT2D eigenvalue weighted by Crippen LogP contribution is -2.45. The zero-order chi connectivity index (χ0) is 21.4. The van der Waals surface area contributed by atoms with Gasteiger partial charge in [0.2, 0.25) is 5.82 Å². The van der Waals surface area contributed by atoms with Crippen molar-refractivity contribution in [2.75, 3.05) is 25.0 Å². The number of likely N-dealkylation sites (N-methyl/N-ethyl adjacent to an activating group) is 1. The molecule has 2 fully saturated rings. The summed E-state index contributed by atoms with van der Waals surface area (Å²) in [7, 11) is 0. The summed E-state index contributed by atoms with van der Waals surface area (Å²) in [6.07, 6.45) is 1.20. The maximum absolute atomic E-state index is 14.7. The highest BCUT2D eigenvalue weighted by molar-refractivity contribution is 5.58. The molecule has 1 aromatic heterocycles. The summed E-state index contributed by atoms with van der Waals surface area (Å²) in [5.74, 6) is 0.227. The highest BCUT2D eigenvalue weighted by atomic mass is 19.1. The summed E-state index contributed by atoms with van der Waals surface area (Å²) < 4.78 is 14.7. The SMILES string of the molecule is CCN1C[C@@H]2C[C@H]1CN2Cc1ccc(CNc2nc(C)nc(C)c2[N+](=O)[O-])c(F)c1. The summed E-state index contributed by atoms with van der Waals surface area (Å²) in [4.78, 5) is 24.0. The Morgan fingerprint density at radius 3 is 2.60 bits per heavy atom. The molecule has 0 unspecified atom stereocenters. The number of nitro groups is 1. The highest BCUT2D eigenvalue weighted by Gasteiger charge is 2.42. The second-order valence-corrected chi connectivity index (χ2v) is 8.15. The van der Waals surface area contributed by atoms with Gasteiger partial charge in [-0.1, -0.05) is 19.1 Å². The van der Waals surface area contributed by atoms with E-state index in [0.29, 0.717) is 23.5 Å². The number of benzene rings is 1. The van der Waals surface area contributed by atoms with Crippen LogP contribution in [0, 0.1) is 29.8 Å². The molecule has 0 spiro atoms. The molecular formula is C21H27FN6O2. The Kier molecular flexibility index (Phi) is 5.66. The van der Waals surface area contributed by atoms with Crippen molar-refractivity contribution in [1.29, 1.82) is 0 Å². The number of hydrogen-bond donors (Lipinski definition) is 1. The Morgan fingerprint density at radius 2 is 1.97 bits per heavy atom. The molecule has 1 aromatic carbocycles. The van der Waals surface area contributed by atoms with Gasteiger partial charge >= 0.3 is 5.69 Å². The summed E-state index contributed by atoms with van der Waals surface area (Å²) in [5.41, 5.74) is 1.50. The van der Waals surface area contributed by atoms with Gasteiger partial charge in [-0.25, -0.2) is 14.4 Å². The number of anilines is 1. The van der Waals surface area contributed by atoms with E-state index in [2.05, 4.69) is 32.0 Å². The van der Waals surface area contributed by atoms with Gasteiger partial charge in [-0.2, -0.15) is 0 Å². The monoisotopic (exact) mass is 414 g/mol. The van der Waals surface area contributed by atoms with Crippen LogP contribution in [-0.4, -0.2) is 56.4 Å². The van der Waals surface area contributed by atoms with E-state index in [-0.39, 0.29) is 29.6 Å². The molecule has 0 saturated carbocycles. The van der Waals surface area contributed by atoms with Gasteiger partial charge in [0, 0.05) is 43.8 Å². The van der Waals surface area contributed by atoms with Crippen LogP contribution < -0.4 is 5.32 Å². The average molecular weight is 414 g/mol. The third-order valence-corrected chi connectivity index (χ3v) is 6.18. The second kappa shape index (κ2) is 8.23. The predicted molar refractivity (Wildman–Crippen MR) is 112 cm³/mol. The molecule has 2 saturated heterocycles. The molecule has 0 aliphatic carbocycles. The van der Waals surface area contributed by atoms with E-state index in [9.17, 15) is 14.5 Å². The van der Waals surface area contributed by atoms with Crippen molar-refractivity contribution >= 4 is 11.5 Å². The van der Waals surface area contributed by atoms with Crippen LogP contribution in [0.2, 0.25) is 0 Å². The van der Waals surface area contributed by atoms with E-state index in [1.54, 1.807) is 26.0 Å². The van der Waals surface area contributed by atoms with Crippen molar-refractivity contribution in [2.24, 2.45) is 0 Å². The third kappa shape index (κ3) is 3.99. The van der Waals surface area contributed by atoms with Crippen molar-refractivity contribution in [3.8, 4) is 0 Å². The smallest absolute Gasteiger partial charge is 0.332 e. The van der Waals surface area contributed by atoms with Crippen molar-refractivity contribution < 1.29 is 9.31 Å². The quantitative estimate of drug-likeness (QED) is 0.550. The van der Waals surface area contributed by atoms with Gasteiger partial charge in [-0.3, -0.25) is 19.9 Å². The summed E-state index contributed by atoms with van der Waals surface area (Å²) >= 11 is 0. The number of nitrogens with one attached hydrogen (secondary N) is 1. The summed E-state index contributed by atoms with van der Waals surface area (Å²) in [5, 5.41) is 14.2. The first-order valence-corrected chi connectivity index (χ1v) is 10.3.